The molecule has 2 aliphatic heterocycles. The number of hydrogen-bond acceptors (Lipinski definition) is 7. The summed E-state index contributed by atoms with van der Waals surface area (Å²) in [4.78, 5) is 59.4. The van der Waals surface area contributed by atoms with Gasteiger partial charge in [-0.25, -0.2) is 9.37 Å². The molecule has 4 amide bonds. The van der Waals surface area contributed by atoms with Gasteiger partial charge in [-0.15, -0.1) is 0 Å². The van der Waals surface area contributed by atoms with Crippen LogP contribution in [0.1, 0.15) is 74.3 Å². The average Bonchev–Trinajstić information content (AvgIpc) is 3.61. The van der Waals surface area contributed by atoms with Crippen molar-refractivity contribution < 1.29 is 23.6 Å². The summed E-state index contributed by atoms with van der Waals surface area (Å²) in [5.74, 6) is -0.841. The summed E-state index contributed by atoms with van der Waals surface area (Å²) in [7, 11) is 0. The number of fused-ring (bicyclic) bond motifs is 1. The lowest BCUT2D eigenvalue weighted by atomic mass is 10.0. The summed E-state index contributed by atoms with van der Waals surface area (Å²) in [6.45, 7) is 1.50. The molecule has 1 aromatic heterocycles. The number of hydrogen-bond donors (Lipinski definition) is 2. The second kappa shape index (κ2) is 15.6. The van der Waals surface area contributed by atoms with Crippen LogP contribution in [0.4, 0.5) is 10.2 Å². The fourth-order valence-electron chi connectivity index (χ4n) is 6.54. The number of nitrogens with zero attached hydrogens (tertiary/aromatic N) is 4. The molecular formula is C39H37FN6O4. The minimum atomic E-state index is -0.355. The van der Waals surface area contributed by atoms with Crippen molar-refractivity contribution in [2.75, 3.05) is 31.5 Å². The standard InChI is InChI=1S/C39H37FN6O4/c40-28-11-8-9-26(23-28)19-20-42-36-33(16-17-34(44-36)30-12-3-2-10-27(30)24-41)37(48)43-25-29-15-18-35(47)45(29)21-6-1-7-22-46-38(49)31-13-4-5-14-32(31)39(46)50/h2-5,8-14,16-17,23,29H,1,6-7,15,18-22,25H2,(H,42,44)(H,43,48)/t29-/m1/s1. The monoisotopic (exact) mass is 672 g/mol. The zero-order chi connectivity index (χ0) is 35.0. The van der Waals surface area contributed by atoms with Crippen LogP contribution in [0.2, 0.25) is 0 Å². The molecule has 0 spiro atoms. The number of anilines is 1. The van der Waals surface area contributed by atoms with Gasteiger partial charge in [0, 0.05) is 44.2 Å². The minimum absolute atomic E-state index is 0.0338. The maximum atomic E-state index is 13.7. The Labute approximate surface area is 289 Å². The van der Waals surface area contributed by atoms with Crippen molar-refractivity contribution in [2.24, 2.45) is 0 Å². The molecule has 6 rings (SSSR count). The van der Waals surface area contributed by atoms with E-state index in [0.29, 0.717) is 91.1 Å². The van der Waals surface area contributed by atoms with Gasteiger partial charge in [0.2, 0.25) is 5.91 Å². The fraction of sp³-hybridized carbons (Fsp3) is 0.282. The molecule has 0 radical (unpaired) electrons. The Morgan fingerprint density at radius 3 is 2.34 bits per heavy atom. The van der Waals surface area contributed by atoms with Crippen LogP contribution in [0.15, 0.2) is 84.9 Å². The molecule has 50 heavy (non-hydrogen) atoms. The Balaban J connectivity index is 1.06. The van der Waals surface area contributed by atoms with Gasteiger partial charge in [-0.1, -0.05) is 42.5 Å². The highest BCUT2D eigenvalue weighted by Gasteiger charge is 2.35. The predicted octanol–water partition coefficient (Wildman–Crippen LogP) is 5.60. The van der Waals surface area contributed by atoms with Gasteiger partial charge in [0.1, 0.15) is 11.6 Å². The smallest absolute Gasteiger partial charge is 0.261 e. The van der Waals surface area contributed by atoms with Crippen LogP contribution in [0.3, 0.4) is 0 Å². The van der Waals surface area contributed by atoms with E-state index < -0.39 is 0 Å². The Morgan fingerprint density at radius 1 is 0.880 bits per heavy atom. The van der Waals surface area contributed by atoms with Crippen LogP contribution in [-0.4, -0.2) is 70.6 Å². The Kier molecular flexibility index (Phi) is 10.6. The van der Waals surface area contributed by atoms with Crippen LogP contribution in [0, 0.1) is 17.1 Å². The van der Waals surface area contributed by atoms with E-state index in [1.807, 2.05) is 12.1 Å². The summed E-state index contributed by atoms with van der Waals surface area (Å²) >= 11 is 0. The van der Waals surface area contributed by atoms with E-state index in [1.54, 1.807) is 65.6 Å². The number of benzene rings is 3. The molecule has 0 aliphatic carbocycles. The number of nitriles is 1. The van der Waals surface area contributed by atoms with Crippen molar-refractivity contribution in [2.45, 2.75) is 44.6 Å². The third-order valence-electron chi connectivity index (χ3n) is 9.17. The first-order valence-electron chi connectivity index (χ1n) is 16.9. The lowest BCUT2D eigenvalue weighted by Crippen LogP contribution is -2.42. The topological polar surface area (TPSA) is 136 Å². The molecule has 2 aliphatic rings. The number of carbonyl (C=O) groups is 4. The Bertz CT molecular complexity index is 1940. The lowest BCUT2D eigenvalue weighted by Gasteiger charge is -2.25. The highest BCUT2D eigenvalue weighted by atomic mass is 19.1. The van der Waals surface area contributed by atoms with E-state index in [-0.39, 0.29) is 42.0 Å². The van der Waals surface area contributed by atoms with Crippen molar-refractivity contribution in [1.82, 2.24) is 20.1 Å². The number of carbonyl (C=O) groups excluding carboxylic acids is 4. The average molecular weight is 673 g/mol. The molecule has 0 unspecified atom stereocenters. The first kappa shape index (κ1) is 34.0. The van der Waals surface area contributed by atoms with Gasteiger partial charge in [0.15, 0.2) is 0 Å². The molecule has 1 fully saturated rings. The minimum Gasteiger partial charge on any atom is -0.369 e. The van der Waals surface area contributed by atoms with Gasteiger partial charge in [-0.3, -0.25) is 24.1 Å². The fourth-order valence-corrected chi connectivity index (χ4v) is 6.54. The van der Waals surface area contributed by atoms with E-state index >= 15 is 0 Å². The second-order valence-corrected chi connectivity index (χ2v) is 12.4. The van der Waals surface area contributed by atoms with Gasteiger partial charge < -0.3 is 15.5 Å². The molecule has 1 saturated heterocycles. The number of pyridine rings is 1. The maximum Gasteiger partial charge on any atom is 0.261 e. The number of imide groups is 1. The molecule has 254 valence electrons. The van der Waals surface area contributed by atoms with Gasteiger partial charge in [-0.2, -0.15) is 5.26 Å². The highest BCUT2D eigenvalue weighted by molar-refractivity contribution is 6.21. The normalized spacial score (nSPS) is 15.3. The maximum absolute atomic E-state index is 13.7. The summed E-state index contributed by atoms with van der Waals surface area (Å²) in [5, 5.41) is 15.9. The summed E-state index contributed by atoms with van der Waals surface area (Å²) < 4.78 is 13.7. The highest BCUT2D eigenvalue weighted by Crippen LogP contribution is 2.26. The quantitative estimate of drug-likeness (QED) is 0.132. The van der Waals surface area contributed by atoms with Gasteiger partial charge >= 0.3 is 0 Å². The second-order valence-electron chi connectivity index (χ2n) is 12.4. The van der Waals surface area contributed by atoms with Gasteiger partial charge in [0.25, 0.3) is 17.7 Å². The number of likely N-dealkylation sites (tertiary alicyclic amines) is 1. The van der Waals surface area contributed by atoms with Crippen LogP contribution < -0.4 is 10.6 Å². The van der Waals surface area contributed by atoms with Crippen molar-refractivity contribution in [3.05, 3.63) is 119 Å². The molecule has 2 N–H and O–H groups in total. The van der Waals surface area contributed by atoms with E-state index in [9.17, 15) is 28.8 Å². The molecule has 0 saturated carbocycles. The zero-order valence-electron chi connectivity index (χ0n) is 27.5. The van der Waals surface area contributed by atoms with E-state index in [1.165, 1.54) is 17.0 Å². The first-order chi connectivity index (χ1) is 24.3. The van der Waals surface area contributed by atoms with Crippen molar-refractivity contribution in [1.29, 1.82) is 5.26 Å². The van der Waals surface area contributed by atoms with Crippen molar-refractivity contribution >= 4 is 29.4 Å². The summed E-state index contributed by atoms with van der Waals surface area (Å²) in [6.07, 6.45) is 3.58. The number of amides is 4. The molecule has 3 aromatic carbocycles. The predicted molar refractivity (Wildman–Crippen MR) is 186 cm³/mol. The number of halogens is 1. The molecule has 0 bridgehead atoms. The molecule has 1 atom stereocenters. The number of unbranched alkanes of at least 4 members (excludes halogenated alkanes) is 2. The van der Waals surface area contributed by atoms with Crippen LogP contribution in [-0.2, 0) is 11.2 Å². The Hall–Kier alpha value is -5.89. The number of rotatable bonds is 14. The molecule has 4 aromatic rings. The summed E-state index contributed by atoms with van der Waals surface area (Å²) in [5.41, 5.74) is 3.61. The van der Waals surface area contributed by atoms with Gasteiger partial charge in [0.05, 0.1) is 34.0 Å². The van der Waals surface area contributed by atoms with Crippen LogP contribution >= 0.6 is 0 Å². The third kappa shape index (κ3) is 7.55. The van der Waals surface area contributed by atoms with Crippen LogP contribution in [0.25, 0.3) is 11.3 Å². The number of aromatic nitrogens is 1. The van der Waals surface area contributed by atoms with E-state index in [4.69, 9.17) is 4.98 Å². The van der Waals surface area contributed by atoms with Crippen molar-refractivity contribution in [3.63, 3.8) is 0 Å². The van der Waals surface area contributed by atoms with Crippen molar-refractivity contribution in [3.8, 4) is 17.3 Å². The molecule has 3 heterocycles. The Morgan fingerprint density at radius 2 is 1.60 bits per heavy atom. The molecule has 11 heteroatoms. The van der Waals surface area contributed by atoms with Crippen LogP contribution in [0.5, 0.6) is 0 Å². The summed E-state index contributed by atoms with van der Waals surface area (Å²) in [6, 6.07) is 25.7. The van der Waals surface area contributed by atoms with Gasteiger partial charge in [-0.05, 0) is 80.1 Å². The van der Waals surface area contributed by atoms with E-state index in [2.05, 4.69) is 16.7 Å². The molecular weight excluding hydrogens is 635 g/mol. The molecule has 10 nitrogen and oxygen atoms in total. The first-order valence-corrected chi connectivity index (χ1v) is 16.9. The zero-order valence-corrected chi connectivity index (χ0v) is 27.5. The lowest BCUT2D eigenvalue weighted by molar-refractivity contribution is -0.129. The van der Waals surface area contributed by atoms with E-state index in [0.717, 1.165) is 12.0 Å². The SMILES string of the molecule is N#Cc1ccccc1-c1ccc(C(=O)NC[C@H]2CCC(=O)N2CCCCCN2C(=O)c3ccccc3C2=O)c(NCCc2cccc(F)c2)n1. The largest absolute Gasteiger partial charge is 0.369 e. The number of nitrogens with one attached hydrogen (secondary N) is 2. The third-order valence-corrected chi connectivity index (χ3v) is 9.17.